The van der Waals surface area contributed by atoms with Gasteiger partial charge in [-0.15, -0.1) is 0 Å². The van der Waals surface area contributed by atoms with Crippen molar-refractivity contribution in [3.8, 4) is 0 Å². The number of aromatic nitrogens is 1. The Hall–Kier alpha value is -1.26. The maximum Gasteiger partial charge on any atom is 0.124 e. The van der Waals surface area contributed by atoms with Crippen LogP contribution in [0.3, 0.4) is 0 Å². The summed E-state index contributed by atoms with van der Waals surface area (Å²) in [6, 6.07) is 9.18. The first kappa shape index (κ1) is 15.1. The van der Waals surface area contributed by atoms with Crippen molar-refractivity contribution >= 4 is 15.9 Å². The highest BCUT2D eigenvalue weighted by molar-refractivity contribution is 9.10. The molecule has 1 N–H and O–H groups in total. The number of nitrogens with zero attached hydrogens (tertiary/aromatic N) is 1. The molecule has 4 heteroatoms. The summed E-state index contributed by atoms with van der Waals surface area (Å²) in [6.45, 7) is 3.99. The fourth-order valence-electron chi connectivity index (χ4n) is 2.36. The van der Waals surface area contributed by atoms with Gasteiger partial charge in [0.1, 0.15) is 5.82 Å². The minimum atomic E-state index is -0.225. The van der Waals surface area contributed by atoms with Crippen LogP contribution in [-0.4, -0.2) is 12.0 Å². The average molecular weight is 337 g/mol. The van der Waals surface area contributed by atoms with Gasteiger partial charge in [0, 0.05) is 21.9 Å². The van der Waals surface area contributed by atoms with E-state index in [0.29, 0.717) is 0 Å². The molecule has 1 atom stereocenters. The molecule has 0 saturated carbocycles. The molecule has 1 aromatic carbocycles. The summed E-state index contributed by atoms with van der Waals surface area (Å²) >= 11 is 3.43. The Balaban J connectivity index is 2.28. The maximum absolute atomic E-state index is 13.1. The molecule has 1 aromatic heterocycles. The lowest BCUT2D eigenvalue weighted by atomic mass is 9.98. The number of likely N-dealkylation sites (N-methyl/N-ethyl adjacent to an activating group) is 1. The smallest absolute Gasteiger partial charge is 0.124 e. The highest BCUT2D eigenvalue weighted by Crippen LogP contribution is 2.25. The van der Waals surface area contributed by atoms with Crippen LogP contribution in [0.1, 0.15) is 28.6 Å². The summed E-state index contributed by atoms with van der Waals surface area (Å²) in [5.41, 5.74) is 4.31. The van der Waals surface area contributed by atoms with Gasteiger partial charge in [0.15, 0.2) is 0 Å². The Bertz CT molecular complexity index is 593. The first-order valence-corrected chi connectivity index (χ1v) is 7.35. The lowest BCUT2D eigenvalue weighted by Gasteiger charge is -2.18. The van der Waals surface area contributed by atoms with Crippen LogP contribution in [0.25, 0.3) is 0 Å². The third-order valence-electron chi connectivity index (χ3n) is 3.29. The van der Waals surface area contributed by atoms with E-state index in [-0.39, 0.29) is 11.9 Å². The van der Waals surface area contributed by atoms with E-state index >= 15 is 0 Å². The van der Waals surface area contributed by atoms with E-state index in [2.05, 4.69) is 38.4 Å². The number of aryl methyl sites for hydroxylation is 2. The Morgan fingerprint density at radius 1 is 1.20 bits per heavy atom. The van der Waals surface area contributed by atoms with Gasteiger partial charge in [0.05, 0.1) is 0 Å². The van der Waals surface area contributed by atoms with E-state index in [1.807, 2.05) is 27.0 Å². The maximum atomic E-state index is 13.1. The summed E-state index contributed by atoms with van der Waals surface area (Å²) in [6.07, 6.45) is 0.792. The van der Waals surface area contributed by atoms with E-state index in [0.717, 1.165) is 27.8 Å². The molecular formula is C16H18BrFN2. The van der Waals surface area contributed by atoms with Crippen LogP contribution in [0.4, 0.5) is 4.39 Å². The van der Waals surface area contributed by atoms with Crippen LogP contribution in [0, 0.1) is 19.7 Å². The van der Waals surface area contributed by atoms with Gasteiger partial charge in [-0.1, -0.05) is 22.0 Å². The molecule has 0 fully saturated rings. The van der Waals surface area contributed by atoms with E-state index < -0.39 is 0 Å². The summed E-state index contributed by atoms with van der Waals surface area (Å²) in [7, 11) is 1.94. The van der Waals surface area contributed by atoms with Gasteiger partial charge in [-0.3, -0.25) is 4.98 Å². The molecule has 1 heterocycles. The van der Waals surface area contributed by atoms with Gasteiger partial charge in [-0.25, -0.2) is 4.39 Å². The van der Waals surface area contributed by atoms with Gasteiger partial charge in [-0.2, -0.15) is 0 Å². The highest BCUT2D eigenvalue weighted by atomic mass is 79.9. The number of nitrogens with one attached hydrogen (secondary N) is 1. The largest absolute Gasteiger partial charge is 0.313 e. The van der Waals surface area contributed by atoms with Gasteiger partial charge in [-0.05, 0) is 62.7 Å². The molecule has 0 aliphatic rings. The normalized spacial score (nSPS) is 12.4. The van der Waals surface area contributed by atoms with Crippen LogP contribution in [0.5, 0.6) is 0 Å². The number of benzene rings is 1. The van der Waals surface area contributed by atoms with Crippen molar-refractivity contribution in [2.75, 3.05) is 7.05 Å². The number of hydrogen-bond acceptors (Lipinski definition) is 2. The lowest BCUT2D eigenvalue weighted by molar-refractivity contribution is 0.585. The summed E-state index contributed by atoms with van der Waals surface area (Å²) in [5, 5.41) is 3.32. The van der Waals surface area contributed by atoms with Crippen LogP contribution in [-0.2, 0) is 6.42 Å². The molecule has 2 rings (SSSR count). The molecular weight excluding hydrogens is 319 g/mol. The van der Waals surface area contributed by atoms with E-state index in [1.54, 1.807) is 0 Å². The SMILES string of the molecule is CNC(Cc1ccc(F)cc1Br)c1cc(C)nc(C)c1. The van der Waals surface area contributed by atoms with Crippen molar-refractivity contribution < 1.29 is 4.39 Å². The van der Waals surface area contributed by atoms with Gasteiger partial charge in [0.25, 0.3) is 0 Å². The second kappa shape index (κ2) is 6.46. The van der Waals surface area contributed by atoms with Crippen LogP contribution < -0.4 is 5.32 Å². The summed E-state index contributed by atoms with van der Waals surface area (Å²) < 4.78 is 13.9. The fraction of sp³-hybridized carbons (Fsp3) is 0.312. The Morgan fingerprint density at radius 2 is 1.85 bits per heavy atom. The summed E-state index contributed by atoms with van der Waals surface area (Å²) in [5.74, 6) is -0.225. The Labute approximate surface area is 127 Å². The van der Waals surface area contributed by atoms with Crippen molar-refractivity contribution in [1.82, 2.24) is 10.3 Å². The van der Waals surface area contributed by atoms with Gasteiger partial charge >= 0.3 is 0 Å². The van der Waals surface area contributed by atoms with Crippen LogP contribution in [0.15, 0.2) is 34.8 Å². The second-order valence-corrected chi connectivity index (χ2v) is 5.82. The quantitative estimate of drug-likeness (QED) is 0.908. The number of hydrogen-bond donors (Lipinski definition) is 1. The number of rotatable bonds is 4. The molecule has 0 aliphatic heterocycles. The summed E-state index contributed by atoms with van der Waals surface area (Å²) in [4.78, 5) is 4.40. The Morgan fingerprint density at radius 3 is 2.40 bits per heavy atom. The minimum Gasteiger partial charge on any atom is -0.313 e. The number of halogens is 2. The molecule has 106 valence electrons. The average Bonchev–Trinajstić information content (AvgIpc) is 2.36. The molecule has 0 amide bonds. The van der Waals surface area contributed by atoms with Crippen LogP contribution >= 0.6 is 15.9 Å². The fourth-order valence-corrected chi connectivity index (χ4v) is 2.87. The highest BCUT2D eigenvalue weighted by Gasteiger charge is 2.13. The number of pyridine rings is 1. The van der Waals surface area contributed by atoms with E-state index in [4.69, 9.17) is 0 Å². The predicted molar refractivity (Wildman–Crippen MR) is 83.3 cm³/mol. The van der Waals surface area contributed by atoms with Gasteiger partial charge in [0.2, 0.25) is 0 Å². The molecule has 0 spiro atoms. The molecule has 0 radical (unpaired) electrons. The van der Waals surface area contributed by atoms with Crippen molar-refractivity contribution in [2.24, 2.45) is 0 Å². The van der Waals surface area contributed by atoms with Crippen LogP contribution in [0.2, 0.25) is 0 Å². The van der Waals surface area contributed by atoms with E-state index in [9.17, 15) is 4.39 Å². The van der Waals surface area contributed by atoms with Crippen molar-refractivity contribution in [2.45, 2.75) is 26.3 Å². The lowest BCUT2D eigenvalue weighted by Crippen LogP contribution is -2.19. The second-order valence-electron chi connectivity index (χ2n) is 4.96. The van der Waals surface area contributed by atoms with Crippen molar-refractivity contribution in [3.05, 3.63) is 63.1 Å². The molecule has 0 aliphatic carbocycles. The third kappa shape index (κ3) is 3.64. The molecule has 0 bridgehead atoms. The minimum absolute atomic E-state index is 0.178. The zero-order valence-electron chi connectivity index (χ0n) is 11.9. The van der Waals surface area contributed by atoms with E-state index in [1.165, 1.54) is 17.7 Å². The van der Waals surface area contributed by atoms with Crippen molar-refractivity contribution in [1.29, 1.82) is 0 Å². The molecule has 20 heavy (non-hydrogen) atoms. The standard InChI is InChI=1S/C16H18BrFN2/c1-10-6-13(7-11(2)20-10)16(19-3)8-12-4-5-14(18)9-15(12)17/h4-7,9,16,19H,8H2,1-3H3. The predicted octanol–water partition coefficient (Wildman–Crippen LogP) is 4.10. The monoisotopic (exact) mass is 336 g/mol. The third-order valence-corrected chi connectivity index (χ3v) is 4.03. The molecule has 2 nitrogen and oxygen atoms in total. The molecule has 0 saturated heterocycles. The first-order chi connectivity index (χ1) is 9.49. The van der Waals surface area contributed by atoms with Gasteiger partial charge < -0.3 is 5.32 Å². The Kier molecular flexibility index (Phi) is 4.89. The van der Waals surface area contributed by atoms with Crippen molar-refractivity contribution in [3.63, 3.8) is 0 Å². The zero-order valence-corrected chi connectivity index (χ0v) is 13.5. The topological polar surface area (TPSA) is 24.9 Å². The molecule has 2 aromatic rings. The molecule has 1 unspecified atom stereocenters. The zero-order chi connectivity index (χ0) is 14.7. The first-order valence-electron chi connectivity index (χ1n) is 6.56.